The molecule has 0 spiro atoms. The van der Waals surface area contributed by atoms with Crippen molar-refractivity contribution in [1.29, 1.82) is 0 Å². The van der Waals surface area contributed by atoms with Crippen LogP contribution < -0.4 is 0 Å². The molecule has 0 bridgehead atoms. The van der Waals surface area contributed by atoms with Crippen molar-refractivity contribution in [1.82, 2.24) is 4.90 Å². The Morgan fingerprint density at radius 2 is 1.94 bits per heavy atom. The van der Waals surface area contributed by atoms with Crippen LogP contribution in [0.25, 0.3) is 0 Å². The minimum atomic E-state index is 0.247. The highest BCUT2D eigenvalue weighted by molar-refractivity contribution is 7.56. The molecule has 90 valence electrons. The van der Waals surface area contributed by atoms with E-state index in [2.05, 4.69) is 12.7 Å². The summed E-state index contributed by atoms with van der Waals surface area (Å²) in [7, 11) is 0.355. The summed E-state index contributed by atoms with van der Waals surface area (Å²) in [6, 6.07) is 0. The third-order valence-corrected chi connectivity index (χ3v) is 3.05. The van der Waals surface area contributed by atoms with Gasteiger partial charge in [0.05, 0.1) is 0 Å². The molecule has 16 heavy (non-hydrogen) atoms. The molecule has 0 aromatic rings. The molecule has 0 aliphatic carbocycles. The van der Waals surface area contributed by atoms with Crippen LogP contribution in [0.2, 0.25) is 0 Å². The lowest BCUT2D eigenvalue weighted by Crippen LogP contribution is -2.22. The van der Waals surface area contributed by atoms with Crippen molar-refractivity contribution >= 4 is 14.2 Å². The van der Waals surface area contributed by atoms with E-state index >= 15 is 0 Å². The van der Waals surface area contributed by atoms with Gasteiger partial charge in [-0.05, 0) is 33.3 Å². The number of rotatable bonds is 2. The number of hydrogen-bond acceptors (Lipinski definition) is 1. The van der Waals surface area contributed by atoms with Crippen molar-refractivity contribution < 1.29 is 4.79 Å². The molecule has 0 radical (unpaired) electrons. The molecule has 1 fully saturated rings. The molecule has 1 aliphatic heterocycles. The number of likely N-dealkylation sites (tertiary alicyclic amines) is 1. The Morgan fingerprint density at radius 1 is 1.38 bits per heavy atom. The van der Waals surface area contributed by atoms with Crippen LogP contribution in [0.15, 0.2) is 36.0 Å². The monoisotopic (exact) mass is 239 g/mol. The van der Waals surface area contributed by atoms with E-state index in [-0.39, 0.29) is 5.65 Å². The summed E-state index contributed by atoms with van der Waals surface area (Å²) in [6.45, 7) is 13.1. The van der Waals surface area contributed by atoms with Gasteiger partial charge in [0.1, 0.15) is 0 Å². The molecule has 1 amide bonds. The van der Waals surface area contributed by atoms with Gasteiger partial charge in [-0.15, -0.1) is 0 Å². The zero-order valence-electron chi connectivity index (χ0n) is 10.7. The Bertz CT molecular complexity index is 305. The van der Waals surface area contributed by atoms with Crippen LogP contribution >= 0.6 is 8.58 Å². The Kier molecular flexibility index (Phi) is 7.84. The second-order valence-electron chi connectivity index (χ2n) is 3.15. The van der Waals surface area contributed by atoms with E-state index in [1.165, 1.54) is 11.1 Å². The van der Waals surface area contributed by atoms with Crippen molar-refractivity contribution in [3.8, 4) is 0 Å². The molecular weight excluding hydrogens is 217 g/mol. The molecule has 1 rings (SSSR count). The predicted molar refractivity (Wildman–Crippen MR) is 74.6 cm³/mol. The lowest BCUT2D eigenvalue weighted by atomic mass is 10.1. The first kappa shape index (κ1) is 15.1. The fourth-order valence-corrected chi connectivity index (χ4v) is 2.02. The van der Waals surface area contributed by atoms with Crippen LogP contribution in [-0.2, 0) is 0 Å². The third-order valence-electron chi connectivity index (χ3n) is 2.30. The molecule has 1 heterocycles. The van der Waals surface area contributed by atoms with Crippen LogP contribution in [0, 0.1) is 0 Å². The summed E-state index contributed by atoms with van der Waals surface area (Å²) in [4.78, 5) is 13.4. The first-order valence-electron chi connectivity index (χ1n) is 5.66. The van der Waals surface area contributed by atoms with Crippen molar-refractivity contribution in [2.24, 2.45) is 0 Å². The largest absolute Gasteiger partial charge is 0.331 e. The fourth-order valence-electron chi connectivity index (χ4n) is 1.55. The van der Waals surface area contributed by atoms with Crippen LogP contribution in [0.4, 0.5) is 4.79 Å². The summed E-state index contributed by atoms with van der Waals surface area (Å²) in [5.41, 5.74) is 2.71. The van der Waals surface area contributed by atoms with Gasteiger partial charge in [-0.25, -0.2) is 0 Å². The predicted octanol–water partition coefficient (Wildman–Crippen LogP) is 3.82. The van der Waals surface area contributed by atoms with Gasteiger partial charge in [0.25, 0.3) is 0 Å². The van der Waals surface area contributed by atoms with E-state index in [1.54, 1.807) is 6.08 Å². The smallest absolute Gasteiger partial charge is 0.240 e. The maximum atomic E-state index is 11.5. The third kappa shape index (κ3) is 3.94. The van der Waals surface area contributed by atoms with Gasteiger partial charge in [-0.2, -0.15) is 0 Å². The second-order valence-corrected chi connectivity index (χ2v) is 4.08. The molecule has 3 heteroatoms. The fraction of sp³-hybridized carbons (Fsp3) is 0.462. The first-order chi connectivity index (χ1) is 7.72. The Morgan fingerprint density at radius 3 is 2.38 bits per heavy atom. The van der Waals surface area contributed by atoms with Crippen molar-refractivity contribution in [3.05, 3.63) is 36.0 Å². The van der Waals surface area contributed by atoms with E-state index in [4.69, 9.17) is 0 Å². The number of nitrogens with zero attached hydrogens (tertiary/aromatic N) is 1. The Labute approximate surface area is 101 Å². The van der Waals surface area contributed by atoms with Crippen LogP contribution in [0.3, 0.4) is 0 Å². The highest BCUT2D eigenvalue weighted by Crippen LogP contribution is 2.25. The van der Waals surface area contributed by atoms with E-state index in [9.17, 15) is 4.79 Å². The van der Waals surface area contributed by atoms with Crippen molar-refractivity contribution in [2.75, 3.05) is 19.8 Å². The number of hydrogen-bond donors (Lipinski definition) is 0. The lowest BCUT2D eigenvalue weighted by Gasteiger charge is -2.12. The molecule has 0 aromatic carbocycles. The zero-order chi connectivity index (χ0) is 12.6. The van der Waals surface area contributed by atoms with Gasteiger partial charge in [0.2, 0.25) is 5.65 Å². The summed E-state index contributed by atoms with van der Waals surface area (Å²) in [6.07, 6.45) is 5.84. The van der Waals surface area contributed by atoms with Crippen LogP contribution in [-0.4, -0.2) is 30.3 Å². The maximum Gasteiger partial charge on any atom is 0.240 e. The molecule has 1 aliphatic rings. The van der Waals surface area contributed by atoms with Crippen LogP contribution in [0.1, 0.15) is 20.8 Å². The normalized spacial score (nSPS) is 20.4. The van der Waals surface area contributed by atoms with Gasteiger partial charge in [-0.1, -0.05) is 38.7 Å². The van der Waals surface area contributed by atoms with Gasteiger partial charge < -0.3 is 4.90 Å². The summed E-state index contributed by atoms with van der Waals surface area (Å²) >= 11 is 0. The standard InChI is InChI=1S/C11H16NOP.C2H6/c1-4-6-10-8-12(11(13)14-3)7-9(10)5-2;1-2/h4-6,14H,1,7-8H2,2-3H3;1-2H3/b9-5-,10-6-;. The Hall–Kier alpha value is -0.880. The SMILES string of the molecule is C=C/C=C1/CN(C(=O)PC)C/C1=C/C.CC. The quantitative estimate of drug-likeness (QED) is 0.671. The van der Waals surface area contributed by atoms with Crippen molar-refractivity contribution in [2.45, 2.75) is 20.8 Å². The zero-order valence-corrected chi connectivity index (χ0v) is 11.7. The number of amides is 1. The van der Waals surface area contributed by atoms with Crippen LogP contribution in [0.5, 0.6) is 0 Å². The molecule has 1 saturated heterocycles. The van der Waals surface area contributed by atoms with E-state index < -0.39 is 0 Å². The van der Waals surface area contributed by atoms with E-state index in [0.717, 1.165) is 13.1 Å². The summed E-state index contributed by atoms with van der Waals surface area (Å²) in [5.74, 6) is 0. The topological polar surface area (TPSA) is 20.3 Å². The molecule has 2 nitrogen and oxygen atoms in total. The number of carbonyl (C=O) groups excluding carboxylic acids is 1. The molecule has 1 atom stereocenters. The second kappa shape index (κ2) is 8.29. The lowest BCUT2D eigenvalue weighted by molar-refractivity contribution is 0.235. The minimum absolute atomic E-state index is 0.247. The summed E-state index contributed by atoms with van der Waals surface area (Å²) in [5, 5.41) is 0. The highest BCUT2D eigenvalue weighted by atomic mass is 31.1. The molecular formula is C13H22NOP. The highest BCUT2D eigenvalue weighted by Gasteiger charge is 2.23. The first-order valence-corrected chi connectivity index (χ1v) is 7.16. The van der Waals surface area contributed by atoms with Gasteiger partial charge in [0.15, 0.2) is 0 Å². The van der Waals surface area contributed by atoms with Crippen molar-refractivity contribution in [3.63, 3.8) is 0 Å². The van der Waals surface area contributed by atoms with Gasteiger partial charge in [-0.3, -0.25) is 4.79 Å². The number of allylic oxidation sites excluding steroid dienone is 3. The minimum Gasteiger partial charge on any atom is -0.331 e. The molecule has 1 unspecified atom stereocenters. The van der Waals surface area contributed by atoms with Gasteiger partial charge in [0, 0.05) is 13.1 Å². The average molecular weight is 239 g/mol. The van der Waals surface area contributed by atoms with Gasteiger partial charge >= 0.3 is 0 Å². The maximum absolute atomic E-state index is 11.5. The number of carbonyl (C=O) groups is 1. The van der Waals surface area contributed by atoms with E-state index in [0.29, 0.717) is 8.58 Å². The average Bonchev–Trinajstić information content (AvgIpc) is 2.74. The molecule has 0 N–H and O–H groups in total. The van der Waals surface area contributed by atoms with E-state index in [1.807, 2.05) is 38.4 Å². The summed E-state index contributed by atoms with van der Waals surface area (Å²) < 4.78 is 0. The Balaban J connectivity index is 0.00000106. The molecule has 0 saturated carbocycles. The molecule has 0 aromatic heterocycles.